The number of carbonyl (C=O) groups is 2. The van der Waals surface area contributed by atoms with Gasteiger partial charge in [0, 0.05) is 6.07 Å². The maximum atomic E-state index is 12.0. The van der Waals surface area contributed by atoms with E-state index in [2.05, 4.69) is 31.5 Å². The van der Waals surface area contributed by atoms with Crippen LogP contribution in [-0.2, 0) is 4.79 Å². The van der Waals surface area contributed by atoms with Crippen molar-refractivity contribution in [2.75, 3.05) is 12.4 Å². The normalized spacial score (nSPS) is 11.6. The van der Waals surface area contributed by atoms with Crippen LogP contribution in [0.4, 0.5) is 5.69 Å². The number of halogens is 1. The zero-order valence-corrected chi connectivity index (χ0v) is 14.3. The maximum Gasteiger partial charge on any atom is 0.262 e. The molecule has 0 aliphatic heterocycles. The molecule has 1 atom stereocenters. The lowest BCUT2D eigenvalue weighted by molar-refractivity contribution is -0.117. The number of thiophene rings is 1. The SMILES string of the molecule is COc1ccc(NC(=O)[C@@H](C)NC(=O)c2ccc(Br)s2)cn1. The van der Waals surface area contributed by atoms with Crippen LogP contribution in [0.5, 0.6) is 5.88 Å². The van der Waals surface area contributed by atoms with Crippen LogP contribution in [0.15, 0.2) is 34.2 Å². The van der Waals surface area contributed by atoms with Gasteiger partial charge in [0.1, 0.15) is 6.04 Å². The summed E-state index contributed by atoms with van der Waals surface area (Å²) in [6.07, 6.45) is 1.49. The Bertz CT molecular complexity index is 672. The van der Waals surface area contributed by atoms with E-state index in [1.165, 1.54) is 24.6 Å². The summed E-state index contributed by atoms with van der Waals surface area (Å²) in [6.45, 7) is 1.62. The average molecular weight is 384 g/mol. The van der Waals surface area contributed by atoms with E-state index >= 15 is 0 Å². The Labute approximate surface area is 140 Å². The van der Waals surface area contributed by atoms with E-state index in [1.54, 1.807) is 31.2 Å². The van der Waals surface area contributed by atoms with Crippen molar-refractivity contribution in [1.29, 1.82) is 0 Å². The number of aromatic nitrogens is 1. The molecule has 8 heteroatoms. The molecule has 2 heterocycles. The van der Waals surface area contributed by atoms with Gasteiger partial charge in [-0.15, -0.1) is 11.3 Å². The number of nitrogens with zero attached hydrogens (tertiary/aromatic N) is 1. The first-order valence-electron chi connectivity index (χ1n) is 6.36. The molecule has 0 aliphatic carbocycles. The summed E-state index contributed by atoms with van der Waals surface area (Å²) in [5.41, 5.74) is 0.533. The maximum absolute atomic E-state index is 12.0. The summed E-state index contributed by atoms with van der Waals surface area (Å²) in [4.78, 5) is 28.6. The fraction of sp³-hybridized carbons (Fsp3) is 0.214. The largest absolute Gasteiger partial charge is 0.481 e. The minimum atomic E-state index is -0.671. The zero-order chi connectivity index (χ0) is 16.1. The Hall–Kier alpha value is -1.93. The van der Waals surface area contributed by atoms with Gasteiger partial charge in [-0.1, -0.05) is 0 Å². The molecule has 2 rings (SSSR count). The highest BCUT2D eigenvalue weighted by Gasteiger charge is 2.18. The van der Waals surface area contributed by atoms with Crippen LogP contribution in [0.1, 0.15) is 16.6 Å². The summed E-state index contributed by atoms with van der Waals surface area (Å²) in [5.74, 6) is -0.148. The van der Waals surface area contributed by atoms with E-state index < -0.39 is 6.04 Å². The number of hydrogen-bond acceptors (Lipinski definition) is 5. The molecule has 2 N–H and O–H groups in total. The van der Waals surface area contributed by atoms with Crippen molar-refractivity contribution < 1.29 is 14.3 Å². The second-order valence-corrected chi connectivity index (χ2v) is 6.84. The Morgan fingerprint density at radius 3 is 2.64 bits per heavy atom. The van der Waals surface area contributed by atoms with Crippen LogP contribution in [0.25, 0.3) is 0 Å². The van der Waals surface area contributed by atoms with Gasteiger partial charge in [-0.3, -0.25) is 9.59 Å². The van der Waals surface area contributed by atoms with Crippen LogP contribution in [-0.4, -0.2) is 29.9 Å². The van der Waals surface area contributed by atoms with Crippen LogP contribution in [0.3, 0.4) is 0 Å². The first kappa shape index (κ1) is 16.4. The molecule has 116 valence electrons. The Morgan fingerprint density at radius 2 is 2.09 bits per heavy atom. The number of ether oxygens (including phenoxy) is 1. The summed E-state index contributed by atoms with van der Waals surface area (Å²) in [6, 6.07) is 6.13. The first-order chi connectivity index (χ1) is 10.5. The molecule has 0 saturated heterocycles. The summed E-state index contributed by atoms with van der Waals surface area (Å²) < 4.78 is 5.80. The molecule has 2 aromatic rings. The van der Waals surface area contributed by atoms with Gasteiger partial charge in [0.05, 0.1) is 27.7 Å². The molecule has 22 heavy (non-hydrogen) atoms. The lowest BCUT2D eigenvalue weighted by Crippen LogP contribution is -2.41. The highest BCUT2D eigenvalue weighted by Crippen LogP contribution is 2.22. The lowest BCUT2D eigenvalue weighted by Gasteiger charge is -2.13. The van der Waals surface area contributed by atoms with Gasteiger partial charge in [0.2, 0.25) is 11.8 Å². The lowest BCUT2D eigenvalue weighted by atomic mass is 10.3. The minimum absolute atomic E-state index is 0.286. The van der Waals surface area contributed by atoms with E-state index in [0.717, 1.165) is 3.79 Å². The molecule has 0 aliphatic rings. The van der Waals surface area contributed by atoms with Gasteiger partial charge < -0.3 is 15.4 Å². The van der Waals surface area contributed by atoms with Crippen molar-refractivity contribution in [2.24, 2.45) is 0 Å². The number of anilines is 1. The predicted molar refractivity (Wildman–Crippen MR) is 88.4 cm³/mol. The zero-order valence-electron chi connectivity index (χ0n) is 11.9. The Balaban J connectivity index is 1.92. The molecule has 0 fully saturated rings. The van der Waals surface area contributed by atoms with Crippen LogP contribution in [0.2, 0.25) is 0 Å². The van der Waals surface area contributed by atoms with Crippen molar-refractivity contribution in [3.05, 3.63) is 39.1 Å². The van der Waals surface area contributed by atoms with Gasteiger partial charge in [-0.05, 0) is 41.1 Å². The third-order valence-electron chi connectivity index (χ3n) is 2.75. The van der Waals surface area contributed by atoms with Gasteiger partial charge in [0.15, 0.2) is 0 Å². The van der Waals surface area contributed by atoms with Gasteiger partial charge in [-0.2, -0.15) is 0 Å². The molecule has 2 aromatic heterocycles. The van der Waals surface area contributed by atoms with Crippen LogP contribution < -0.4 is 15.4 Å². The van der Waals surface area contributed by atoms with E-state index in [0.29, 0.717) is 16.4 Å². The molecule has 0 unspecified atom stereocenters. The molecular formula is C14H14BrN3O3S. The third-order valence-corrected chi connectivity index (χ3v) is 4.37. The van der Waals surface area contributed by atoms with Crippen molar-refractivity contribution >= 4 is 44.8 Å². The number of nitrogens with one attached hydrogen (secondary N) is 2. The average Bonchev–Trinajstić information content (AvgIpc) is 2.94. The topological polar surface area (TPSA) is 80.3 Å². The first-order valence-corrected chi connectivity index (χ1v) is 7.97. The molecule has 0 spiro atoms. The number of methoxy groups -OCH3 is 1. The fourth-order valence-electron chi connectivity index (χ4n) is 1.60. The minimum Gasteiger partial charge on any atom is -0.481 e. The second-order valence-electron chi connectivity index (χ2n) is 4.38. The quantitative estimate of drug-likeness (QED) is 0.831. The van der Waals surface area contributed by atoms with Gasteiger partial charge >= 0.3 is 0 Å². The van der Waals surface area contributed by atoms with Crippen molar-refractivity contribution in [1.82, 2.24) is 10.3 Å². The third kappa shape index (κ3) is 4.28. The smallest absolute Gasteiger partial charge is 0.262 e. The van der Waals surface area contributed by atoms with Crippen LogP contribution >= 0.6 is 27.3 Å². The summed E-state index contributed by atoms with van der Waals surface area (Å²) >= 11 is 4.60. The molecule has 0 saturated carbocycles. The monoisotopic (exact) mass is 383 g/mol. The predicted octanol–water partition coefficient (Wildman–Crippen LogP) is 2.67. The number of hydrogen-bond donors (Lipinski definition) is 2. The van der Waals surface area contributed by atoms with Crippen molar-refractivity contribution in [2.45, 2.75) is 13.0 Å². The fourth-order valence-corrected chi connectivity index (χ4v) is 2.88. The second kappa shape index (κ2) is 7.37. The molecule has 6 nitrogen and oxygen atoms in total. The van der Waals surface area contributed by atoms with Crippen molar-refractivity contribution in [3.63, 3.8) is 0 Å². The highest BCUT2D eigenvalue weighted by molar-refractivity contribution is 9.11. The van der Waals surface area contributed by atoms with E-state index in [-0.39, 0.29) is 11.8 Å². The van der Waals surface area contributed by atoms with E-state index in [4.69, 9.17) is 4.74 Å². The van der Waals surface area contributed by atoms with E-state index in [1.807, 2.05) is 0 Å². The van der Waals surface area contributed by atoms with Crippen molar-refractivity contribution in [3.8, 4) is 5.88 Å². The highest BCUT2D eigenvalue weighted by atomic mass is 79.9. The number of rotatable bonds is 5. The number of pyridine rings is 1. The number of amides is 2. The molecule has 0 bridgehead atoms. The van der Waals surface area contributed by atoms with Gasteiger partial charge in [-0.25, -0.2) is 4.98 Å². The molecule has 0 radical (unpaired) electrons. The molecular weight excluding hydrogens is 370 g/mol. The molecule has 0 aromatic carbocycles. The summed E-state index contributed by atoms with van der Waals surface area (Å²) in [5, 5.41) is 5.32. The molecule has 2 amide bonds. The summed E-state index contributed by atoms with van der Waals surface area (Å²) in [7, 11) is 1.52. The Morgan fingerprint density at radius 1 is 1.32 bits per heavy atom. The number of carbonyl (C=O) groups excluding carboxylic acids is 2. The standard InChI is InChI=1S/C14H14BrN3O3S/c1-8(17-14(20)10-4-5-11(15)22-10)13(19)18-9-3-6-12(21-2)16-7-9/h3-8H,1-2H3,(H,17,20)(H,18,19)/t8-/m1/s1. The Kier molecular flexibility index (Phi) is 5.51. The van der Waals surface area contributed by atoms with E-state index in [9.17, 15) is 9.59 Å². The van der Waals surface area contributed by atoms with Gasteiger partial charge in [0.25, 0.3) is 5.91 Å². The van der Waals surface area contributed by atoms with Crippen LogP contribution in [0, 0.1) is 0 Å².